The van der Waals surface area contributed by atoms with Crippen molar-refractivity contribution in [3.05, 3.63) is 0 Å². The van der Waals surface area contributed by atoms with Crippen molar-refractivity contribution >= 4 is 28.0 Å². The van der Waals surface area contributed by atoms with Gasteiger partial charge >= 0.3 is 35.5 Å². The molecule has 13 nitrogen and oxygen atoms in total. The Kier molecular flexibility index (Phi) is 40.9. The van der Waals surface area contributed by atoms with Gasteiger partial charge in [-0.3, -0.25) is 4.79 Å². The minimum atomic E-state index is -4.32. The standard InChI is InChI=1S/C6H14O5S.2C5H10O3.C3H6O2.Na.H2/c7-4-2-1-3-6(8)5-12(9,10)11;2*6-4-2-1-3-5(7)8;1-2-3(4)5;;/h6-8H,1-5H2,(H,9,10,11);2*6H,1-4H2,(H,7,8);2H2,1H3,(H,4,5);;1H/q;;;;+1;/p-3. The summed E-state index contributed by atoms with van der Waals surface area (Å²) in [5.74, 6) is -3.57. The first kappa shape index (κ1) is 43.2. The number of aliphatic carboxylic acids is 3. The van der Waals surface area contributed by atoms with E-state index < -0.39 is 39.9 Å². The summed E-state index contributed by atoms with van der Waals surface area (Å²) in [6, 6.07) is 0. The Morgan fingerprint density at radius 3 is 1.38 bits per heavy atom. The van der Waals surface area contributed by atoms with Gasteiger partial charge in [-0.25, -0.2) is 8.42 Å². The molecule has 0 saturated carbocycles. The van der Waals surface area contributed by atoms with Crippen LogP contribution in [-0.4, -0.2) is 88.1 Å². The van der Waals surface area contributed by atoms with Crippen LogP contribution >= 0.6 is 0 Å². The molecule has 1 unspecified atom stereocenters. The summed E-state index contributed by atoms with van der Waals surface area (Å²) in [6.45, 7) is 1.74. The number of carbonyl (C=O) groups is 3. The van der Waals surface area contributed by atoms with Gasteiger partial charge in [-0.05, 0) is 57.8 Å². The number of carboxylic acids is 3. The van der Waals surface area contributed by atoms with Crippen LogP contribution in [0.5, 0.6) is 0 Å². The molecular formula is C19H39NaO13S-2. The number of unbranched alkanes of at least 4 members (excludes halogenated alkanes) is 3. The van der Waals surface area contributed by atoms with E-state index in [9.17, 15) is 37.6 Å². The van der Waals surface area contributed by atoms with Crippen molar-refractivity contribution in [3.8, 4) is 0 Å². The van der Waals surface area contributed by atoms with Gasteiger partial charge in [0, 0.05) is 39.6 Å². The Labute approximate surface area is 224 Å². The zero-order valence-corrected chi connectivity index (χ0v) is 22.7. The minimum absolute atomic E-state index is 0. The molecule has 15 heteroatoms. The van der Waals surface area contributed by atoms with Crippen LogP contribution in [-0.2, 0) is 24.5 Å². The number of carbonyl (C=O) groups excluding carboxylic acids is 2. The van der Waals surface area contributed by atoms with Gasteiger partial charge in [-0.2, -0.15) is 0 Å². The SMILES string of the molecule is CCC(=O)O.O=C([O-])CCCCO.O=C([O-])CCCCO.O=S(=O)([O-])CC(O)CCCCO.[HH].[Na+]. The summed E-state index contributed by atoms with van der Waals surface area (Å²) in [4.78, 5) is 28.7. The first-order chi connectivity index (χ1) is 15.3. The molecule has 34 heavy (non-hydrogen) atoms. The van der Waals surface area contributed by atoms with Gasteiger partial charge in [0.2, 0.25) is 0 Å². The quantitative estimate of drug-likeness (QED) is 0.0753. The molecule has 0 amide bonds. The van der Waals surface area contributed by atoms with Gasteiger partial charge < -0.3 is 49.9 Å². The molecule has 0 bridgehead atoms. The molecule has 0 aromatic carbocycles. The fourth-order valence-electron chi connectivity index (χ4n) is 1.57. The second-order valence-electron chi connectivity index (χ2n) is 6.45. The molecule has 0 fully saturated rings. The third-order valence-corrected chi connectivity index (χ3v) is 4.02. The zero-order chi connectivity index (χ0) is 26.7. The van der Waals surface area contributed by atoms with Crippen molar-refractivity contribution in [2.24, 2.45) is 0 Å². The van der Waals surface area contributed by atoms with E-state index in [1.165, 1.54) is 0 Å². The summed E-state index contributed by atoms with van der Waals surface area (Å²) >= 11 is 0. The summed E-state index contributed by atoms with van der Waals surface area (Å²) in [5.41, 5.74) is 0. The molecule has 5 N–H and O–H groups in total. The molecule has 0 aliphatic rings. The molecule has 202 valence electrons. The molecule has 1 atom stereocenters. The first-order valence-electron chi connectivity index (χ1n) is 10.3. The second kappa shape index (κ2) is 32.2. The van der Waals surface area contributed by atoms with Gasteiger partial charge in [0.25, 0.3) is 0 Å². The van der Waals surface area contributed by atoms with Crippen molar-refractivity contribution in [3.63, 3.8) is 0 Å². The predicted octanol–water partition coefficient (Wildman–Crippen LogP) is -5.42. The minimum Gasteiger partial charge on any atom is -0.748 e. The summed E-state index contributed by atoms with van der Waals surface area (Å²) < 4.78 is 30.3. The molecular weight excluding hydrogens is 491 g/mol. The van der Waals surface area contributed by atoms with Crippen LogP contribution in [0.2, 0.25) is 0 Å². The Hall–Kier alpha value is -0.840. The maximum absolute atomic E-state index is 10.1. The monoisotopic (exact) mass is 530 g/mol. The van der Waals surface area contributed by atoms with Crippen molar-refractivity contribution in [1.82, 2.24) is 0 Å². The van der Waals surface area contributed by atoms with E-state index in [0.717, 1.165) is 0 Å². The molecule has 0 heterocycles. The number of hydrogen-bond acceptors (Lipinski definition) is 12. The van der Waals surface area contributed by atoms with Crippen LogP contribution in [0.15, 0.2) is 0 Å². The third-order valence-electron chi connectivity index (χ3n) is 3.22. The summed E-state index contributed by atoms with van der Waals surface area (Å²) in [7, 11) is -4.32. The topological polar surface area (TPSA) is 256 Å². The van der Waals surface area contributed by atoms with E-state index >= 15 is 0 Å². The summed E-state index contributed by atoms with van der Waals surface area (Å²) in [5, 5.41) is 60.7. The van der Waals surface area contributed by atoms with E-state index in [0.29, 0.717) is 38.5 Å². The maximum atomic E-state index is 10.1. The van der Waals surface area contributed by atoms with E-state index in [-0.39, 0.29) is 76.5 Å². The zero-order valence-electron chi connectivity index (χ0n) is 19.9. The maximum Gasteiger partial charge on any atom is 1.00 e. The van der Waals surface area contributed by atoms with Gasteiger partial charge in [0.05, 0.1) is 22.0 Å². The number of aliphatic hydroxyl groups is 4. The van der Waals surface area contributed by atoms with Crippen LogP contribution in [0, 0.1) is 0 Å². The summed E-state index contributed by atoms with van der Waals surface area (Å²) in [6.07, 6.45) is 2.63. The fraction of sp³-hybridized carbons (Fsp3) is 0.842. The molecule has 0 radical (unpaired) electrons. The first-order valence-corrected chi connectivity index (χ1v) is 11.9. The number of rotatable bonds is 15. The predicted molar refractivity (Wildman–Crippen MR) is 113 cm³/mol. The molecule has 0 aliphatic heterocycles. The van der Waals surface area contributed by atoms with Crippen LogP contribution < -0.4 is 39.8 Å². The molecule has 0 aromatic heterocycles. The molecule has 0 aromatic rings. The van der Waals surface area contributed by atoms with Gasteiger partial charge in [0.1, 0.15) is 0 Å². The van der Waals surface area contributed by atoms with Crippen LogP contribution in [0.4, 0.5) is 0 Å². The van der Waals surface area contributed by atoms with Crippen LogP contribution in [0.25, 0.3) is 0 Å². The second-order valence-corrected chi connectivity index (χ2v) is 7.90. The number of hydrogen-bond donors (Lipinski definition) is 5. The van der Waals surface area contributed by atoms with Gasteiger partial charge in [0.15, 0.2) is 0 Å². The fourth-order valence-corrected chi connectivity index (χ4v) is 2.21. The van der Waals surface area contributed by atoms with Crippen LogP contribution in [0.1, 0.15) is 72.6 Å². The Morgan fingerprint density at radius 1 is 0.824 bits per heavy atom. The van der Waals surface area contributed by atoms with E-state index in [4.69, 9.17) is 25.5 Å². The molecule has 0 rings (SSSR count). The van der Waals surface area contributed by atoms with Crippen molar-refractivity contribution in [2.75, 3.05) is 25.6 Å². The van der Waals surface area contributed by atoms with Crippen molar-refractivity contribution < 1.29 is 94.1 Å². The van der Waals surface area contributed by atoms with Crippen molar-refractivity contribution in [1.29, 1.82) is 0 Å². The van der Waals surface area contributed by atoms with E-state index in [1.807, 2.05) is 0 Å². The Bertz CT molecular complexity index is 557. The van der Waals surface area contributed by atoms with Crippen LogP contribution in [0.3, 0.4) is 0 Å². The number of carboxylic acid groups (broad SMARTS) is 3. The number of aliphatic hydroxyl groups excluding tert-OH is 4. The smallest absolute Gasteiger partial charge is 0.748 e. The largest absolute Gasteiger partial charge is 1.00 e. The van der Waals surface area contributed by atoms with Gasteiger partial charge in [-0.1, -0.05) is 6.92 Å². The van der Waals surface area contributed by atoms with Crippen molar-refractivity contribution in [2.45, 2.75) is 77.2 Å². The Balaban J connectivity index is -0.0000000819. The van der Waals surface area contributed by atoms with E-state index in [1.54, 1.807) is 6.92 Å². The van der Waals surface area contributed by atoms with E-state index in [2.05, 4.69) is 0 Å². The molecule has 0 saturated heterocycles. The average Bonchev–Trinajstić information content (AvgIpc) is 2.68. The average molecular weight is 531 g/mol. The molecule has 0 aliphatic carbocycles. The third kappa shape index (κ3) is 63.3. The Morgan fingerprint density at radius 2 is 1.15 bits per heavy atom. The normalized spacial score (nSPS) is 10.5. The van der Waals surface area contributed by atoms with Gasteiger partial charge in [-0.15, -0.1) is 0 Å². The molecule has 0 spiro atoms.